The molecule has 0 aliphatic carbocycles. The van der Waals surface area contributed by atoms with E-state index in [1.807, 2.05) is 19.1 Å². The average Bonchev–Trinajstić information content (AvgIpc) is 3.16. The quantitative estimate of drug-likeness (QED) is 0.705. The molecule has 2 heterocycles. The summed E-state index contributed by atoms with van der Waals surface area (Å²) < 4.78 is 0. The molecule has 4 rings (SSSR count). The van der Waals surface area contributed by atoms with E-state index in [9.17, 15) is 14.7 Å². The van der Waals surface area contributed by atoms with Gasteiger partial charge in [-0.1, -0.05) is 23.8 Å². The number of aromatic amines is 1. The molecule has 6 heteroatoms. The molecule has 0 radical (unpaired) electrons. The molecule has 0 bridgehead atoms. The number of H-pyrrole nitrogens is 1. The molecule has 0 atom stereocenters. The number of aromatic nitrogens is 2. The second-order valence-corrected chi connectivity index (χ2v) is 6.48. The lowest BCUT2D eigenvalue weighted by Crippen LogP contribution is -2.25. The van der Waals surface area contributed by atoms with E-state index in [4.69, 9.17) is 0 Å². The average molecular weight is 335 g/mol. The molecule has 126 valence electrons. The van der Waals surface area contributed by atoms with E-state index in [0.29, 0.717) is 24.0 Å². The Morgan fingerprint density at radius 1 is 1.16 bits per heavy atom. The molecular weight excluding hydrogens is 318 g/mol. The number of carbonyl (C=O) groups is 2. The summed E-state index contributed by atoms with van der Waals surface area (Å²) >= 11 is 0. The number of aromatic hydroxyl groups is 1. The van der Waals surface area contributed by atoms with Crippen LogP contribution < -0.4 is 0 Å². The summed E-state index contributed by atoms with van der Waals surface area (Å²) in [7, 11) is 0. The molecule has 3 aromatic rings. The van der Waals surface area contributed by atoms with Crippen molar-refractivity contribution in [1.82, 2.24) is 15.1 Å². The van der Waals surface area contributed by atoms with Gasteiger partial charge in [-0.25, -0.2) is 0 Å². The monoisotopic (exact) mass is 335 g/mol. The van der Waals surface area contributed by atoms with Crippen molar-refractivity contribution in [3.63, 3.8) is 0 Å². The third-order valence-corrected chi connectivity index (χ3v) is 4.61. The Morgan fingerprint density at radius 2 is 1.92 bits per heavy atom. The largest absolute Gasteiger partial charge is 0.507 e. The molecule has 1 amide bonds. The highest BCUT2D eigenvalue weighted by atomic mass is 16.3. The number of carbonyl (C=O) groups excluding carboxylic acids is 2. The smallest absolute Gasteiger partial charge is 0.258 e. The summed E-state index contributed by atoms with van der Waals surface area (Å²) in [5.41, 5.74) is 4.38. The van der Waals surface area contributed by atoms with E-state index in [0.717, 1.165) is 16.7 Å². The van der Waals surface area contributed by atoms with E-state index in [-0.39, 0.29) is 28.7 Å². The van der Waals surface area contributed by atoms with Gasteiger partial charge in [-0.05, 0) is 24.1 Å². The number of aryl methyl sites for hydroxylation is 1. The minimum absolute atomic E-state index is 0.122. The van der Waals surface area contributed by atoms with Crippen LogP contribution in [0.15, 0.2) is 30.3 Å². The summed E-state index contributed by atoms with van der Waals surface area (Å²) in [5.74, 6) is -0.577. The van der Waals surface area contributed by atoms with Crippen LogP contribution in [0.5, 0.6) is 5.75 Å². The molecule has 0 saturated carbocycles. The van der Waals surface area contributed by atoms with Gasteiger partial charge in [0.05, 0.1) is 11.1 Å². The molecule has 0 fully saturated rings. The lowest BCUT2D eigenvalue weighted by atomic mass is 10.1. The zero-order valence-electron chi connectivity index (χ0n) is 14.0. The van der Waals surface area contributed by atoms with Crippen LogP contribution in [0.4, 0.5) is 0 Å². The standard InChI is InChI=1S/C19H17N3O3/c1-10-3-4-12-8-22(9-13(12)5-10)19(25)15-6-14-16(7-17(15)24)20-21-18(14)11(2)23/h3-7,24H,8-9H2,1-2H3,(H,20,21). The topological polar surface area (TPSA) is 86.3 Å². The van der Waals surface area contributed by atoms with Crippen molar-refractivity contribution in [2.45, 2.75) is 26.9 Å². The first-order chi connectivity index (χ1) is 11.9. The first-order valence-corrected chi connectivity index (χ1v) is 8.03. The summed E-state index contributed by atoms with van der Waals surface area (Å²) in [6.45, 7) is 4.46. The van der Waals surface area contributed by atoms with Crippen molar-refractivity contribution in [3.8, 4) is 5.75 Å². The molecule has 1 aromatic heterocycles. The van der Waals surface area contributed by atoms with Crippen LogP contribution in [0.3, 0.4) is 0 Å². The Morgan fingerprint density at radius 3 is 2.68 bits per heavy atom. The number of benzene rings is 2. The van der Waals surface area contributed by atoms with E-state index in [1.54, 1.807) is 11.0 Å². The van der Waals surface area contributed by atoms with Gasteiger partial charge < -0.3 is 10.0 Å². The minimum atomic E-state index is -0.260. The van der Waals surface area contributed by atoms with Crippen molar-refractivity contribution >= 4 is 22.6 Å². The molecule has 0 saturated heterocycles. The third-order valence-electron chi connectivity index (χ3n) is 4.61. The van der Waals surface area contributed by atoms with Crippen molar-refractivity contribution < 1.29 is 14.7 Å². The Labute approximate surface area is 144 Å². The Bertz CT molecular complexity index is 1040. The van der Waals surface area contributed by atoms with Gasteiger partial charge >= 0.3 is 0 Å². The molecule has 1 aliphatic heterocycles. The molecular formula is C19H17N3O3. The van der Waals surface area contributed by atoms with Gasteiger partial charge in [-0.3, -0.25) is 14.7 Å². The van der Waals surface area contributed by atoms with Gasteiger partial charge in [0.15, 0.2) is 5.78 Å². The van der Waals surface area contributed by atoms with Crippen molar-refractivity contribution in [1.29, 1.82) is 0 Å². The number of phenolic OH excluding ortho intramolecular Hbond substituents is 1. The van der Waals surface area contributed by atoms with Crippen LogP contribution in [0.1, 0.15) is 44.5 Å². The van der Waals surface area contributed by atoms with E-state index in [1.165, 1.54) is 13.0 Å². The highest BCUT2D eigenvalue weighted by molar-refractivity contribution is 6.08. The summed E-state index contributed by atoms with van der Waals surface area (Å²) in [5, 5.41) is 17.5. The number of hydrogen-bond donors (Lipinski definition) is 2. The fourth-order valence-corrected chi connectivity index (χ4v) is 3.33. The van der Waals surface area contributed by atoms with Gasteiger partial charge in [0, 0.05) is 31.5 Å². The Hall–Kier alpha value is -3.15. The maximum absolute atomic E-state index is 12.9. The molecule has 2 N–H and O–H groups in total. The highest BCUT2D eigenvalue weighted by Gasteiger charge is 2.27. The minimum Gasteiger partial charge on any atom is -0.507 e. The molecule has 0 spiro atoms. The Kier molecular flexibility index (Phi) is 3.35. The molecule has 0 unspecified atom stereocenters. The summed E-state index contributed by atoms with van der Waals surface area (Å²) in [6.07, 6.45) is 0. The number of fused-ring (bicyclic) bond motifs is 2. The summed E-state index contributed by atoms with van der Waals surface area (Å²) in [4.78, 5) is 26.3. The van der Waals surface area contributed by atoms with Crippen molar-refractivity contribution in [2.24, 2.45) is 0 Å². The third kappa shape index (κ3) is 2.46. The number of phenols is 1. The van der Waals surface area contributed by atoms with Gasteiger partial charge in [-0.2, -0.15) is 5.10 Å². The first-order valence-electron chi connectivity index (χ1n) is 8.03. The fraction of sp³-hybridized carbons (Fsp3) is 0.211. The lowest BCUT2D eigenvalue weighted by molar-refractivity contribution is 0.0748. The predicted octanol–water partition coefficient (Wildman–Crippen LogP) is 2.94. The van der Waals surface area contributed by atoms with Crippen LogP contribution in [0.25, 0.3) is 10.9 Å². The molecule has 6 nitrogen and oxygen atoms in total. The van der Waals surface area contributed by atoms with E-state index in [2.05, 4.69) is 16.3 Å². The number of hydrogen-bond acceptors (Lipinski definition) is 4. The van der Waals surface area contributed by atoms with Crippen molar-refractivity contribution in [2.75, 3.05) is 0 Å². The second kappa shape index (κ2) is 5.44. The van der Waals surface area contributed by atoms with Crippen LogP contribution in [-0.4, -0.2) is 31.9 Å². The van der Waals surface area contributed by atoms with Gasteiger partial charge in [0.1, 0.15) is 11.4 Å². The fourth-order valence-electron chi connectivity index (χ4n) is 3.33. The second-order valence-electron chi connectivity index (χ2n) is 6.48. The van der Waals surface area contributed by atoms with Crippen LogP contribution >= 0.6 is 0 Å². The number of Topliss-reactive ketones (excluding diaryl/α,β-unsaturated/α-hetero) is 1. The number of nitrogens with one attached hydrogen (secondary N) is 1. The molecule has 1 aliphatic rings. The van der Waals surface area contributed by atoms with Gasteiger partial charge in [0.25, 0.3) is 5.91 Å². The van der Waals surface area contributed by atoms with Crippen LogP contribution in [0, 0.1) is 6.92 Å². The Balaban J connectivity index is 1.72. The molecule has 25 heavy (non-hydrogen) atoms. The zero-order valence-corrected chi connectivity index (χ0v) is 14.0. The first kappa shape index (κ1) is 15.4. The maximum atomic E-state index is 12.9. The summed E-state index contributed by atoms with van der Waals surface area (Å²) in [6, 6.07) is 9.12. The van der Waals surface area contributed by atoms with Crippen molar-refractivity contribution in [3.05, 3.63) is 58.3 Å². The number of nitrogens with zero attached hydrogens (tertiary/aromatic N) is 2. The molecule has 2 aromatic carbocycles. The lowest BCUT2D eigenvalue weighted by Gasteiger charge is -2.16. The number of rotatable bonds is 2. The van der Waals surface area contributed by atoms with Crippen LogP contribution in [-0.2, 0) is 13.1 Å². The predicted molar refractivity (Wildman–Crippen MR) is 92.5 cm³/mol. The van der Waals surface area contributed by atoms with E-state index >= 15 is 0 Å². The van der Waals surface area contributed by atoms with Crippen LogP contribution in [0.2, 0.25) is 0 Å². The maximum Gasteiger partial charge on any atom is 0.258 e. The normalized spacial score (nSPS) is 13.3. The number of amides is 1. The van der Waals surface area contributed by atoms with Gasteiger partial charge in [0.2, 0.25) is 0 Å². The van der Waals surface area contributed by atoms with E-state index < -0.39 is 0 Å². The number of ketones is 1. The zero-order chi connectivity index (χ0) is 17.7. The van der Waals surface area contributed by atoms with Gasteiger partial charge in [-0.15, -0.1) is 0 Å². The highest BCUT2D eigenvalue weighted by Crippen LogP contribution is 2.30. The SMILES string of the molecule is CC(=O)c1n[nH]c2cc(O)c(C(=O)N3Cc4ccc(C)cc4C3)cc12.